The second-order valence-electron chi connectivity index (χ2n) is 6.70. The van der Waals surface area contributed by atoms with Crippen molar-refractivity contribution in [2.75, 3.05) is 6.61 Å². The minimum atomic E-state index is -4.23. The summed E-state index contributed by atoms with van der Waals surface area (Å²) in [6.07, 6.45) is 0.538. The predicted molar refractivity (Wildman–Crippen MR) is 112 cm³/mol. The number of rotatable bonds is 5. The average molecular weight is 442 g/mol. The van der Waals surface area contributed by atoms with Crippen LogP contribution in [0.2, 0.25) is 5.02 Å². The van der Waals surface area contributed by atoms with Gasteiger partial charge in [0.05, 0.1) is 6.61 Å². The fraction of sp³-hybridized carbons (Fsp3) is 0.0909. The minimum absolute atomic E-state index is 0.0416. The standard InChI is InChI=1S/C22H16ClNO5S/c23-18-12-16-9-10-29-21(16)19(13-18)30(27,28)24-22(26)17-8-4-7-15(11-17)20(25)14-5-2-1-3-6-14/h1-8,11-13H,9-10H2,(H,24,26). The summed E-state index contributed by atoms with van der Waals surface area (Å²) >= 11 is 6.03. The van der Waals surface area contributed by atoms with E-state index in [0.29, 0.717) is 24.2 Å². The normalized spacial score (nSPS) is 12.7. The number of sulfonamides is 1. The molecule has 1 amide bonds. The summed E-state index contributed by atoms with van der Waals surface area (Å²) in [5, 5.41) is 0.238. The lowest BCUT2D eigenvalue weighted by atomic mass is 10.0. The molecule has 0 fully saturated rings. The van der Waals surface area contributed by atoms with Crippen molar-refractivity contribution in [2.24, 2.45) is 0 Å². The van der Waals surface area contributed by atoms with Crippen molar-refractivity contribution in [1.82, 2.24) is 4.72 Å². The van der Waals surface area contributed by atoms with Crippen LogP contribution >= 0.6 is 11.6 Å². The summed E-state index contributed by atoms with van der Waals surface area (Å²) in [5.74, 6) is -0.925. The lowest BCUT2D eigenvalue weighted by Gasteiger charge is -2.11. The van der Waals surface area contributed by atoms with Gasteiger partial charge in [0.1, 0.15) is 10.6 Å². The van der Waals surface area contributed by atoms with Gasteiger partial charge in [0, 0.05) is 33.7 Å². The van der Waals surface area contributed by atoms with Crippen LogP contribution in [-0.2, 0) is 16.4 Å². The second-order valence-corrected chi connectivity index (χ2v) is 8.79. The molecule has 1 N–H and O–H groups in total. The van der Waals surface area contributed by atoms with Crippen LogP contribution in [0.15, 0.2) is 71.6 Å². The maximum absolute atomic E-state index is 12.8. The van der Waals surface area contributed by atoms with Crippen LogP contribution in [0.5, 0.6) is 5.75 Å². The number of hydrogen-bond donors (Lipinski definition) is 1. The van der Waals surface area contributed by atoms with Crippen molar-refractivity contribution >= 4 is 33.3 Å². The van der Waals surface area contributed by atoms with Gasteiger partial charge in [-0.15, -0.1) is 0 Å². The van der Waals surface area contributed by atoms with Crippen LogP contribution in [0.3, 0.4) is 0 Å². The van der Waals surface area contributed by atoms with Crippen LogP contribution in [-0.4, -0.2) is 26.7 Å². The van der Waals surface area contributed by atoms with Gasteiger partial charge >= 0.3 is 0 Å². The molecule has 0 bridgehead atoms. The molecule has 0 radical (unpaired) electrons. The molecule has 3 aromatic carbocycles. The third kappa shape index (κ3) is 3.94. The molecule has 1 heterocycles. The van der Waals surface area contributed by atoms with Gasteiger partial charge in [0.2, 0.25) is 0 Å². The van der Waals surface area contributed by atoms with E-state index in [1.165, 1.54) is 24.3 Å². The van der Waals surface area contributed by atoms with Crippen LogP contribution < -0.4 is 9.46 Å². The molecule has 0 saturated heterocycles. The van der Waals surface area contributed by atoms with Crippen molar-refractivity contribution in [3.05, 3.63) is 94.0 Å². The summed E-state index contributed by atoms with van der Waals surface area (Å²) in [7, 11) is -4.23. The predicted octanol–water partition coefficient (Wildman–Crippen LogP) is 3.62. The Morgan fingerprint density at radius 3 is 2.37 bits per heavy atom. The molecule has 4 rings (SSSR count). The molecular formula is C22H16ClNO5S. The zero-order chi connectivity index (χ0) is 21.3. The summed E-state index contributed by atoms with van der Waals surface area (Å²) in [6, 6.07) is 17.4. The van der Waals surface area contributed by atoms with Crippen LogP contribution in [0, 0.1) is 0 Å². The number of ether oxygens (including phenoxy) is 1. The minimum Gasteiger partial charge on any atom is -0.492 e. The third-order valence-electron chi connectivity index (χ3n) is 4.65. The fourth-order valence-electron chi connectivity index (χ4n) is 3.23. The highest BCUT2D eigenvalue weighted by atomic mass is 35.5. The molecule has 0 aromatic heterocycles. The number of amides is 1. The van der Waals surface area contributed by atoms with Crippen LogP contribution in [0.4, 0.5) is 0 Å². The molecular weight excluding hydrogens is 426 g/mol. The van der Waals surface area contributed by atoms with Crippen LogP contribution in [0.25, 0.3) is 0 Å². The van der Waals surface area contributed by atoms with Gasteiger partial charge in [-0.3, -0.25) is 9.59 Å². The highest BCUT2D eigenvalue weighted by molar-refractivity contribution is 7.90. The van der Waals surface area contributed by atoms with Gasteiger partial charge in [-0.05, 0) is 24.3 Å². The fourth-order valence-corrected chi connectivity index (χ4v) is 4.72. The molecule has 6 nitrogen and oxygen atoms in total. The summed E-state index contributed by atoms with van der Waals surface area (Å²) in [6.45, 7) is 0.343. The molecule has 8 heteroatoms. The lowest BCUT2D eigenvalue weighted by molar-refractivity contribution is 0.0981. The highest BCUT2D eigenvalue weighted by Crippen LogP contribution is 2.35. The van der Waals surface area contributed by atoms with E-state index in [1.807, 2.05) is 4.72 Å². The smallest absolute Gasteiger partial charge is 0.268 e. The third-order valence-corrected chi connectivity index (χ3v) is 6.21. The number of carbonyl (C=O) groups excluding carboxylic acids is 2. The first kappa shape index (κ1) is 20.1. The van der Waals surface area contributed by atoms with E-state index in [9.17, 15) is 18.0 Å². The van der Waals surface area contributed by atoms with Gasteiger partial charge in [0.25, 0.3) is 15.9 Å². The Morgan fingerprint density at radius 2 is 1.60 bits per heavy atom. The number of fused-ring (bicyclic) bond motifs is 1. The average Bonchev–Trinajstić information content (AvgIpc) is 3.21. The SMILES string of the molecule is O=C(NS(=O)(=O)c1cc(Cl)cc2c1OCC2)c1cccc(C(=O)c2ccccc2)c1. The van der Waals surface area contributed by atoms with Crippen molar-refractivity contribution in [2.45, 2.75) is 11.3 Å². The lowest BCUT2D eigenvalue weighted by Crippen LogP contribution is -2.31. The number of nitrogens with one attached hydrogen (secondary N) is 1. The molecule has 1 aliphatic rings. The molecule has 30 heavy (non-hydrogen) atoms. The molecule has 1 aliphatic heterocycles. The quantitative estimate of drug-likeness (QED) is 0.611. The van der Waals surface area contributed by atoms with E-state index in [-0.39, 0.29) is 32.6 Å². The van der Waals surface area contributed by atoms with E-state index < -0.39 is 15.9 Å². The molecule has 0 atom stereocenters. The Hall–Kier alpha value is -3.16. The number of ketones is 1. The topological polar surface area (TPSA) is 89.5 Å². The van der Waals surface area contributed by atoms with Gasteiger partial charge < -0.3 is 4.74 Å². The summed E-state index contributed by atoms with van der Waals surface area (Å²) < 4.78 is 33.1. The maximum atomic E-state index is 12.8. The first-order chi connectivity index (χ1) is 14.3. The van der Waals surface area contributed by atoms with Gasteiger partial charge in [-0.2, -0.15) is 0 Å². The Morgan fingerprint density at radius 1 is 0.900 bits per heavy atom. The van der Waals surface area contributed by atoms with Crippen molar-refractivity contribution in [3.8, 4) is 5.75 Å². The molecule has 152 valence electrons. The molecule has 0 unspecified atom stereocenters. The van der Waals surface area contributed by atoms with E-state index >= 15 is 0 Å². The van der Waals surface area contributed by atoms with Gasteiger partial charge in [-0.1, -0.05) is 54.1 Å². The van der Waals surface area contributed by atoms with Crippen molar-refractivity contribution < 1.29 is 22.7 Å². The number of halogens is 1. The number of carbonyl (C=O) groups is 2. The second kappa shape index (κ2) is 7.93. The number of benzene rings is 3. The van der Waals surface area contributed by atoms with Crippen molar-refractivity contribution in [3.63, 3.8) is 0 Å². The Labute approximate surface area is 178 Å². The molecule has 3 aromatic rings. The first-order valence-corrected chi connectivity index (χ1v) is 10.9. The Bertz CT molecular complexity index is 1260. The van der Waals surface area contributed by atoms with Crippen LogP contribution in [0.1, 0.15) is 31.8 Å². The van der Waals surface area contributed by atoms with E-state index in [4.69, 9.17) is 16.3 Å². The van der Waals surface area contributed by atoms with Gasteiger partial charge in [0.15, 0.2) is 5.78 Å². The van der Waals surface area contributed by atoms with Crippen molar-refractivity contribution in [1.29, 1.82) is 0 Å². The molecule has 0 saturated carbocycles. The van der Waals surface area contributed by atoms with E-state index in [1.54, 1.807) is 42.5 Å². The Balaban J connectivity index is 1.61. The maximum Gasteiger partial charge on any atom is 0.268 e. The van der Waals surface area contributed by atoms with E-state index in [0.717, 1.165) is 0 Å². The highest BCUT2D eigenvalue weighted by Gasteiger charge is 2.28. The first-order valence-electron chi connectivity index (χ1n) is 9.07. The largest absolute Gasteiger partial charge is 0.492 e. The molecule has 0 aliphatic carbocycles. The van der Waals surface area contributed by atoms with Gasteiger partial charge in [-0.25, -0.2) is 13.1 Å². The number of hydrogen-bond acceptors (Lipinski definition) is 5. The van der Waals surface area contributed by atoms with E-state index in [2.05, 4.69) is 0 Å². The zero-order valence-corrected chi connectivity index (χ0v) is 17.2. The monoisotopic (exact) mass is 441 g/mol. The summed E-state index contributed by atoms with van der Waals surface area (Å²) in [5.41, 5.74) is 1.46. The summed E-state index contributed by atoms with van der Waals surface area (Å²) in [4.78, 5) is 25.1. The zero-order valence-electron chi connectivity index (χ0n) is 15.6. The molecule has 0 spiro atoms. The Kier molecular flexibility index (Phi) is 5.32.